The molecule has 0 spiro atoms. The van der Waals surface area contributed by atoms with Gasteiger partial charge in [-0.15, -0.1) is 0 Å². The van der Waals surface area contributed by atoms with Crippen molar-refractivity contribution in [1.29, 1.82) is 0 Å². The molecule has 0 amide bonds. The molecule has 1 saturated carbocycles. The molecule has 2 fully saturated rings. The Bertz CT molecular complexity index is 1290. The molecule has 3 N–H and O–H groups in total. The van der Waals surface area contributed by atoms with E-state index in [9.17, 15) is 24.9 Å². The van der Waals surface area contributed by atoms with Crippen LogP contribution in [-0.4, -0.2) is 83.9 Å². The normalized spacial score (nSPS) is 35.0. The van der Waals surface area contributed by atoms with E-state index in [0.29, 0.717) is 24.0 Å². The number of aliphatic hydroxyl groups excluding tert-OH is 2. The number of carbonyl (C=O) groups excluding carboxylic acids is 2. The molecule has 8 atom stereocenters. The van der Waals surface area contributed by atoms with Crippen molar-refractivity contribution in [1.82, 2.24) is 0 Å². The second-order valence-corrected chi connectivity index (χ2v) is 19.6. The van der Waals surface area contributed by atoms with Crippen molar-refractivity contribution < 1.29 is 43.5 Å². The average Bonchev–Trinajstić information content (AvgIpc) is 3.01. The molecule has 46 heavy (non-hydrogen) atoms. The topological polar surface area (TPSA) is 132 Å². The first-order valence-corrected chi connectivity index (χ1v) is 19.5. The van der Waals surface area contributed by atoms with Crippen LogP contribution in [0.15, 0.2) is 41.5 Å². The predicted octanol–water partition coefficient (Wildman–Crippen LogP) is 5.71. The Kier molecular flexibility index (Phi) is 10.7. The highest BCUT2D eigenvalue weighted by Crippen LogP contribution is 2.57. The van der Waals surface area contributed by atoms with Gasteiger partial charge in [0.05, 0.1) is 24.4 Å². The first-order chi connectivity index (χ1) is 21.4. The summed E-state index contributed by atoms with van der Waals surface area (Å²) >= 11 is 0. The van der Waals surface area contributed by atoms with Crippen LogP contribution >= 0.6 is 0 Å². The lowest BCUT2D eigenvalue weighted by Gasteiger charge is -2.59. The zero-order chi connectivity index (χ0) is 34.3. The zero-order valence-electron chi connectivity index (χ0n) is 29.2. The second-order valence-electron chi connectivity index (χ2n) is 14.9. The molecule has 1 heterocycles. The maximum Gasteiger partial charge on any atom is 0.338 e. The quantitative estimate of drug-likeness (QED) is 0.155. The van der Waals surface area contributed by atoms with Crippen molar-refractivity contribution in [3.63, 3.8) is 0 Å². The third kappa shape index (κ3) is 6.38. The van der Waals surface area contributed by atoms with Crippen molar-refractivity contribution in [2.45, 2.75) is 148 Å². The van der Waals surface area contributed by atoms with Gasteiger partial charge in [-0.2, -0.15) is 0 Å². The number of hydrogen-bond acceptors (Lipinski definition) is 9. The van der Waals surface area contributed by atoms with Gasteiger partial charge in [0.1, 0.15) is 23.9 Å². The maximum absolute atomic E-state index is 13.7. The number of aliphatic hydroxyl groups is 3. The highest BCUT2D eigenvalue weighted by molar-refractivity contribution is 6.73. The maximum atomic E-state index is 13.7. The number of benzene rings is 1. The smallest absolute Gasteiger partial charge is 0.338 e. The molecule has 1 aliphatic heterocycles. The van der Waals surface area contributed by atoms with E-state index in [4.69, 9.17) is 18.6 Å². The zero-order valence-corrected chi connectivity index (χ0v) is 30.2. The molecule has 10 heteroatoms. The minimum atomic E-state index is -2.36. The summed E-state index contributed by atoms with van der Waals surface area (Å²) in [6, 6.07) is 11.2. The van der Waals surface area contributed by atoms with Crippen LogP contribution in [0.1, 0.15) is 98.4 Å². The molecule has 0 radical (unpaired) electrons. The van der Waals surface area contributed by atoms with Crippen LogP contribution in [0.2, 0.25) is 18.1 Å². The van der Waals surface area contributed by atoms with E-state index in [1.807, 2.05) is 40.7 Å². The lowest BCUT2D eigenvalue weighted by molar-refractivity contribution is -0.258. The summed E-state index contributed by atoms with van der Waals surface area (Å²) in [6.07, 6.45) is -3.77. The largest absolute Gasteiger partial charge is 0.456 e. The fourth-order valence-corrected chi connectivity index (χ4v) is 11.3. The average molecular weight is 661 g/mol. The molecular formula is C36H56O9Si. The summed E-state index contributed by atoms with van der Waals surface area (Å²) in [7, 11) is -2.36. The van der Waals surface area contributed by atoms with Crippen LogP contribution < -0.4 is 0 Å². The van der Waals surface area contributed by atoms with Gasteiger partial charge >= 0.3 is 11.9 Å². The highest BCUT2D eigenvalue weighted by Gasteiger charge is 2.64. The summed E-state index contributed by atoms with van der Waals surface area (Å²) in [5.41, 5.74) is -2.84. The van der Waals surface area contributed by atoms with E-state index >= 15 is 0 Å². The third-order valence-corrected chi connectivity index (χ3v) is 16.6. The fourth-order valence-electron chi connectivity index (χ4n) is 8.34. The molecule has 0 aromatic heterocycles. The van der Waals surface area contributed by atoms with E-state index in [0.717, 1.165) is 23.7 Å². The van der Waals surface area contributed by atoms with E-state index in [2.05, 4.69) is 20.8 Å². The number of rotatable bonds is 11. The van der Waals surface area contributed by atoms with Gasteiger partial charge in [0.2, 0.25) is 0 Å². The molecule has 3 aliphatic rings. The van der Waals surface area contributed by atoms with Gasteiger partial charge in [-0.25, -0.2) is 4.79 Å². The van der Waals surface area contributed by atoms with E-state index in [1.165, 1.54) is 6.92 Å². The van der Waals surface area contributed by atoms with Crippen molar-refractivity contribution in [2.24, 2.45) is 10.8 Å². The Morgan fingerprint density at radius 2 is 1.65 bits per heavy atom. The molecule has 9 nitrogen and oxygen atoms in total. The van der Waals surface area contributed by atoms with Crippen LogP contribution in [0.5, 0.6) is 0 Å². The third-order valence-electron chi connectivity index (χ3n) is 11.9. The Morgan fingerprint density at radius 3 is 2.17 bits per heavy atom. The summed E-state index contributed by atoms with van der Waals surface area (Å²) in [5, 5.41) is 37.2. The first kappa shape index (κ1) is 36.7. The number of fused-ring (bicyclic) bond motifs is 2. The standard InChI is InChI=1S/C36H56O9Si/c1-10-46(11-2,12-3)45-26(20-27-35(9,22-42-27)44-24(5)37)34(8)21-28(43-32(40)25-16-14-13-15-17-25)36(41)19-18-23(4)29(33(36,6)7)30(38)31(34)39/h13-17,26-28,30-31,38-39,41H,10-12,18-22H2,1-9H3/t26-,27+,28+,30+,31?,34-,35?,36+/m0/s1. The van der Waals surface area contributed by atoms with Crippen LogP contribution in [0, 0.1) is 10.8 Å². The van der Waals surface area contributed by atoms with Gasteiger partial charge in [-0.1, -0.05) is 65.3 Å². The Hall–Kier alpha value is -2.08. The molecule has 2 aliphatic carbocycles. The highest BCUT2D eigenvalue weighted by atomic mass is 28.4. The second kappa shape index (κ2) is 13.4. The fraction of sp³-hybridized carbons (Fsp3) is 0.722. The van der Waals surface area contributed by atoms with E-state index in [-0.39, 0.29) is 19.4 Å². The molecule has 1 aromatic rings. The Labute approximate surface area is 275 Å². The van der Waals surface area contributed by atoms with Gasteiger partial charge in [0, 0.05) is 24.2 Å². The summed E-state index contributed by atoms with van der Waals surface area (Å²) < 4.78 is 25.3. The first-order valence-electron chi connectivity index (χ1n) is 17.0. The summed E-state index contributed by atoms with van der Waals surface area (Å²) in [4.78, 5) is 25.7. The SMILES string of the molecule is CC[Si](CC)(CC)O[C@@H](C[C@H]1OCC1(C)OC(C)=O)[C@]1(C)C[C@@H](OC(=O)c2ccccc2)[C@]2(O)CCC(C)=C([C@@H](O)C1O)C2(C)C. The van der Waals surface area contributed by atoms with Gasteiger partial charge in [-0.3, -0.25) is 4.79 Å². The number of esters is 2. The van der Waals surface area contributed by atoms with Gasteiger partial charge < -0.3 is 34.0 Å². The van der Waals surface area contributed by atoms with Gasteiger partial charge in [-0.05, 0) is 68.9 Å². The van der Waals surface area contributed by atoms with Crippen LogP contribution in [0.4, 0.5) is 0 Å². The predicted molar refractivity (Wildman–Crippen MR) is 178 cm³/mol. The lowest BCUT2D eigenvalue weighted by atomic mass is 9.53. The minimum Gasteiger partial charge on any atom is -0.456 e. The Balaban J connectivity index is 1.88. The molecule has 4 rings (SSSR count). The lowest BCUT2D eigenvalue weighted by Crippen LogP contribution is -2.67. The molecule has 1 aromatic carbocycles. The molecule has 1 saturated heterocycles. The molecule has 2 bridgehead atoms. The minimum absolute atomic E-state index is 0.0271. The van der Waals surface area contributed by atoms with Crippen molar-refractivity contribution >= 4 is 20.3 Å². The van der Waals surface area contributed by atoms with Gasteiger partial charge in [0.15, 0.2) is 13.9 Å². The summed E-state index contributed by atoms with van der Waals surface area (Å²) in [5.74, 6) is -0.977. The van der Waals surface area contributed by atoms with Gasteiger partial charge in [0.25, 0.3) is 0 Å². The number of hydrogen-bond donors (Lipinski definition) is 3. The van der Waals surface area contributed by atoms with Crippen LogP contribution in [-0.2, 0) is 23.4 Å². The van der Waals surface area contributed by atoms with Crippen molar-refractivity contribution in [2.75, 3.05) is 6.61 Å². The monoisotopic (exact) mass is 660 g/mol. The van der Waals surface area contributed by atoms with Crippen LogP contribution in [0.3, 0.4) is 0 Å². The van der Waals surface area contributed by atoms with E-state index in [1.54, 1.807) is 24.3 Å². The van der Waals surface area contributed by atoms with E-state index < -0.39 is 72.8 Å². The van der Waals surface area contributed by atoms with Crippen molar-refractivity contribution in [3.05, 3.63) is 47.0 Å². The molecule has 258 valence electrons. The molecule has 2 unspecified atom stereocenters. The van der Waals surface area contributed by atoms with Crippen molar-refractivity contribution in [3.8, 4) is 0 Å². The summed E-state index contributed by atoms with van der Waals surface area (Å²) in [6.45, 7) is 17.3. The van der Waals surface area contributed by atoms with Crippen LogP contribution in [0.25, 0.3) is 0 Å². The number of carbonyl (C=O) groups is 2. The molecular weight excluding hydrogens is 604 g/mol. The Morgan fingerprint density at radius 1 is 1.04 bits per heavy atom. The number of ether oxygens (including phenoxy) is 3. The number of allylic oxidation sites excluding steroid dienone is 1.